The second kappa shape index (κ2) is 6.28. The van der Waals surface area contributed by atoms with E-state index in [9.17, 15) is 0 Å². The summed E-state index contributed by atoms with van der Waals surface area (Å²) in [6.45, 7) is 4.48. The SMILES string of the molecule is COCc1nc(C(OC)C(C)C)nc(N)c1Br. The van der Waals surface area contributed by atoms with Gasteiger partial charge in [-0.1, -0.05) is 13.8 Å². The number of halogens is 1. The molecular weight excluding hydrogens is 286 g/mol. The van der Waals surface area contributed by atoms with Gasteiger partial charge < -0.3 is 15.2 Å². The smallest absolute Gasteiger partial charge is 0.160 e. The van der Waals surface area contributed by atoms with Crippen LogP contribution < -0.4 is 5.73 Å². The van der Waals surface area contributed by atoms with Crippen LogP contribution in [0.2, 0.25) is 0 Å². The van der Waals surface area contributed by atoms with Gasteiger partial charge in [-0.25, -0.2) is 9.97 Å². The molecule has 1 heterocycles. The van der Waals surface area contributed by atoms with Crippen LogP contribution in [-0.4, -0.2) is 24.2 Å². The van der Waals surface area contributed by atoms with E-state index in [2.05, 4.69) is 25.9 Å². The fraction of sp³-hybridized carbons (Fsp3) is 0.636. The van der Waals surface area contributed by atoms with Gasteiger partial charge in [-0.05, 0) is 21.8 Å². The lowest BCUT2D eigenvalue weighted by molar-refractivity contribution is 0.0569. The predicted molar refractivity (Wildman–Crippen MR) is 69.4 cm³/mol. The Bertz CT molecular complexity index is 385. The third-order valence-corrected chi connectivity index (χ3v) is 3.22. The molecule has 0 saturated carbocycles. The first-order valence-electron chi connectivity index (χ1n) is 5.34. The highest BCUT2D eigenvalue weighted by Crippen LogP contribution is 2.27. The molecule has 0 bridgehead atoms. The summed E-state index contributed by atoms with van der Waals surface area (Å²) in [5.74, 6) is 1.27. The number of ether oxygens (including phenoxy) is 2. The van der Waals surface area contributed by atoms with Crippen LogP contribution >= 0.6 is 15.9 Å². The summed E-state index contributed by atoms with van der Waals surface area (Å²) in [5, 5.41) is 0. The number of aromatic nitrogens is 2. The molecule has 0 saturated heterocycles. The predicted octanol–water partition coefficient (Wildman–Crippen LogP) is 2.31. The highest BCUT2D eigenvalue weighted by atomic mass is 79.9. The Morgan fingerprint density at radius 1 is 1.29 bits per heavy atom. The molecule has 0 aromatic carbocycles. The molecule has 1 aromatic heterocycles. The largest absolute Gasteiger partial charge is 0.383 e. The lowest BCUT2D eigenvalue weighted by atomic mass is 10.1. The van der Waals surface area contributed by atoms with Crippen LogP contribution in [0.25, 0.3) is 0 Å². The number of methoxy groups -OCH3 is 2. The number of nitrogen functional groups attached to an aromatic ring is 1. The minimum absolute atomic E-state index is 0.166. The molecule has 1 rings (SSSR count). The summed E-state index contributed by atoms with van der Waals surface area (Å²) in [4.78, 5) is 8.67. The number of nitrogens with two attached hydrogens (primary N) is 1. The molecule has 0 aliphatic carbocycles. The van der Waals surface area contributed by atoms with Gasteiger partial charge in [0.2, 0.25) is 0 Å². The highest BCUT2D eigenvalue weighted by molar-refractivity contribution is 9.10. The van der Waals surface area contributed by atoms with Crippen molar-refractivity contribution in [2.75, 3.05) is 20.0 Å². The van der Waals surface area contributed by atoms with Crippen molar-refractivity contribution in [2.24, 2.45) is 5.92 Å². The standard InChI is InChI=1S/C11H18BrN3O2/c1-6(2)9(17-4)11-14-7(5-16-3)8(12)10(13)15-11/h6,9H,5H2,1-4H3,(H2,13,14,15). The minimum Gasteiger partial charge on any atom is -0.383 e. The van der Waals surface area contributed by atoms with E-state index in [1.165, 1.54) is 0 Å². The second-order valence-electron chi connectivity index (χ2n) is 4.06. The van der Waals surface area contributed by atoms with Crippen molar-refractivity contribution in [3.63, 3.8) is 0 Å². The second-order valence-corrected chi connectivity index (χ2v) is 4.85. The van der Waals surface area contributed by atoms with E-state index in [4.69, 9.17) is 15.2 Å². The Kier molecular flexibility index (Phi) is 5.30. The normalized spacial score (nSPS) is 13.1. The van der Waals surface area contributed by atoms with Crippen LogP contribution in [0.1, 0.15) is 31.5 Å². The Labute approximate surface area is 110 Å². The van der Waals surface area contributed by atoms with E-state index < -0.39 is 0 Å². The van der Waals surface area contributed by atoms with Crippen molar-refractivity contribution in [3.05, 3.63) is 16.0 Å². The quantitative estimate of drug-likeness (QED) is 0.904. The van der Waals surface area contributed by atoms with E-state index in [1.807, 2.05) is 13.8 Å². The number of anilines is 1. The van der Waals surface area contributed by atoms with Gasteiger partial charge in [-0.3, -0.25) is 0 Å². The van der Waals surface area contributed by atoms with Gasteiger partial charge in [0.25, 0.3) is 0 Å². The first kappa shape index (κ1) is 14.3. The van der Waals surface area contributed by atoms with Gasteiger partial charge >= 0.3 is 0 Å². The van der Waals surface area contributed by atoms with Crippen LogP contribution in [0.15, 0.2) is 4.47 Å². The zero-order valence-corrected chi connectivity index (χ0v) is 12.1. The maximum atomic E-state index is 5.84. The molecule has 1 unspecified atom stereocenters. The molecular formula is C11H18BrN3O2. The molecule has 0 fully saturated rings. The van der Waals surface area contributed by atoms with E-state index in [0.717, 1.165) is 5.69 Å². The number of hydrogen-bond acceptors (Lipinski definition) is 5. The molecule has 1 aromatic rings. The van der Waals surface area contributed by atoms with E-state index >= 15 is 0 Å². The minimum atomic E-state index is -0.166. The van der Waals surface area contributed by atoms with Crippen LogP contribution in [-0.2, 0) is 16.1 Å². The Morgan fingerprint density at radius 2 is 1.94 bits per heavy atom. The van der Waals surface area contributed by atoms with Crippen LogP contribution in [0.4, 0.5) is 5.82 Å². The molecule has 0 amide bonds. The molecule has 0 aliphatic rings. The van der Waals surface area contributed by atoms with E-state index in [1.54, 1.807) is 14.2 Å². The van der Waals surface area contributed by atoms with Crippen LogP contribution in [0.3, 0.4) is 0 Å². The lowest BCUT2D eigenvalue weighted by Crippen LogP contribution is -2.16. The van der Waals surface area contributed by atoms with Gasteiger partial charge in [0.15, 0.2) is 5.82 Å². The summed E-state index contributed by atoms with van der Waals surface area (Å²) in [7, 11) is 3.25. The van der Waals surface area contributed by atoms with Crippen molar-refractivity contribution in [2.45, 2.75) is 26.6 Å². The average molecular weight is 304 g/mol. The Balaban J connectivity index is 3.16. The summed E-state index contributed by atoms with van der Waals surface area (Å²) in [6.07, 6.45) is -0.166. The fourth-order valence-corrected chi connectivity index (χ4v) is 1.86. The van der Waals surface area contributed by atoms with Gasteiger partial charge in [-0.2, -0.15) is 0 Å². The van der Waals surface area contributed by atoms with Gasteiger partial charge in [-0.15, -0.1) is 0 Å². The van der Waals surface area contributed by atoms with Crippen molar-refractivity contribution in [3.8, 4) is 0 Å². The lowest BCUT2D eigenvalue weighted by Gasteiger charge is -2.19. The fourth-order valence-electron chi connectivity index (χ4n) is 1.57. The first-order chi connectivity index (χ1) is 8.01. The van der Waals surface area contributed by atoms with Crippen molar-refractivity contribution >= 4 is 21.7 Å². The molecule has 0 spiro atoms. The molecule has 5 nitrogen and oxygen atoms in total. The maximum absolute atomic E-state index is 5.84. The van der Waals surface area contributed by atoms with E-state index in [0.29, 0.717) is 22.7 Å². The average Bonchev–Trinajstić information content (AvgIpc) is 2.26. The topological polar surface area (TPSA) is 70.3 Å². The van der Waals surface area contributed by atoms with Crippen LogP contribution in [0, 0.1) is 5.92 Å². The zero-order chi connectivity index (χ0) is 13.0. The van der Waals surface area contributed by atoms with Crippen molar-refractivity contribution in [1.82, 2.24) is 9.97 Å². The maximum Gasteiger partial charge on any atom is 0.160 e. The molecule has 2 N–H and O–H groups in total. The molecule has 1 atom stereocenters. The van der Waals surface area contributed by atoms with Gasteiger partial charge in [0, 0.05) is 14.2 Å². The molecule has 0 aliphatic heterocycles. The highest BCUT2D eigenvalue weighted by Gasteiger charge is 2.21. The molecule has 6 heteroatoms. The third-order valence-electron chi connectivity index (χ3n) is 2.36. The monoisotopic (exact) mass is 303 g/mol. The Morgan fingerprint density at radius 3 is 2.41 bits per heavy atom. The Hall–Kier alpha value is -0.720. The number of rotatable bonds is 5. The van der Waals surface area contributed by atoms with Crippen LogP contribution in [0.5, 0.6) is 0 Å². The number of nitrogens with zero attached hydrogens (tertiary/aromatic N) is 2. The van der Waals surface area contributed by atoms with Gasteiger partial charge in [0.1, 0.15) is 11.9 Å². The summed E-state index contributed by atoms with van der Waals surface area (Å²) in [5.41, 5.74) is 6.57. The number of hydrogen-bond donors (Lipinski definition) is 1. The molecule has 0 radical (unpaired) electrons. The summed E-state index contributed by atoms with van der Waals surface area (Å²) >= 11 is 3.35. The summed E-state index contributed by atoms with van der Waals surface area (Å²) in [6, 6.07) is 0. The van der Waals surface area contributed by atoms with Crippen molar-refractivity contribution < 1.29 is 9.47 Å². The molecule has 17 heavy (non-hydrogen) atoms. The van der Waals surface area contributed by atoms with Gasteiger partial charge in [0.05, 0.1) is 16.8 Å². The third kappa shape index (κ3) is 3.37. The summed E-state index contributed by atoms with van der Waals surface area (Å²) < 4.78 is 11.1. The zero-order valence-electron chi connectivity index (χ0n) is 10.5. The molecule has 96 valence electrons. The van der Waals surface area contributed by atoms with Crippen molar-refractivity contribution in [1.29, 1.82) is 0 Å². The first-order valence-corrected chi connectivity index (χ1v) is 6.14. The van der Waals surface area contributed by atoms with E-state index in [-0.39, 0.29) is 12.0 Å².